The number of ether oxygens (including phenoxy) is 1. The highest BCUT2D eigenvalue weighted by Crippen LogP contribution is 2.23. The average Bonchev–Trinajstić information content (AvgIpc) is 2.76. The van der Waals surface area contributed by atoms with Crippen LogP contribution in [-0.2, 0) is 4.74 Å². The number of nitrogens with zero attached hydrogens (tertiary/aromatic N) is 3. The van der Waals surface area contributed by atoms with Gasteiger partial charge in [0.2, 0.25) is 0 Å². The highest BCUT2D eigenvalue weighted by molar-refractivity contribution is 9.10. The van der Waals surface area contributed by atoms with Crippen LogP contribution in [0.3, 0.4) is 0 Å². The molecule has 0 atom stereocenters. The van der Waals surface area contributed by atoms with Crippen LogP contribution in [0.4, 0.5) is 0 Å². The first kappa shape index (κ1) is 13.6. The Balaban J connectivity index is 2.10. The zero-order valence-electron chi connectivity index (χ0n) is 11.5. The number of morpholine rings is 1. The molecule has 1 aliphatic heterocycles. The lowest BCUT2D eigenvalue weighted by atomic mass is 10.2. The third-order valence-electron chi connectivity index (χ3n) is 3.49. The molecule has 1 amide bonds. The fourth-order valence-corrected chi connectivity index (χ4v) is 3.16. The molecular formula is C14H16BrN3O2. The van der Waals surface area contributed by atoms with E-state index >= 15 is 0 Å². The molecule has 1 fully saturated rings. The van der Waals surface area contributed by atoms with Crippen molar-refractivity contribution in [3.63, 3.8) is 0 Å². The lowest BCUT2D eigenvalue weighted by Crippen LogP contribution is -2.41. The topological polar surface area (TPSA) is 46.8 Å². The van der Waals surface area contributed by atoms with Crippen LogP contribution in [0.5, 0.6) is 0 Å². The molecule has 0 unspecified atom stereocenters. The van der Waals surface area contributed by atoms with Gasteiger partial charge in [-0.3, -0.25) is 9.20 Å². The summed E-state index contributed by atoms with van der Waals surface area (Å²) in [4.78, 5) is 19.0. The highest BCUT2D eigenvalue weighted by Gasteiger charge is 2.24. The second-order valence-electron chi connectivity index (χ2n) is 5.01. The molecule has 0 aromatic carbocycles. The number of rotatable bonds is 1. The SMILES string of the molecule is Cc1cc(Br)c2nc(C)c(C(=O)N3CCOCC3)n2c1. The van der Waals surface area contributed by atoms with Gasteiger partial charge < -0.3 is 9.64 Å². The van der Waals surface area contributed by atoms with Gasteiger partial charge in [-0.2, -0.15) is 0 Å². The van der Waals surface area contributed by atoms with E-state index in [0.29, 0.717) is 32.0 Å². The van der Waals surface area contributed by atoms with Gasteiger partial charge in [0.25, 0.3) is 5.91 Å². The monoisotopic (exact) mass is 337 g/mol. The Labute approximate surface area is 125 Å². The van der Waals surface area contributed by atoms with Gasteiger partial charge in [-0.05, 0) is 41.4 Å². The van der Waals surface area contributed by atoms with Gasteiger partial charge in [-0.15, -0.1) is 0 Å². The largest absolute Gasteiger partial charge is 0.378 e. The Morgan fingerprint density at radius 3 is 2.75 bits per heavy atom. The summed E-state index contributed by atoms with van der Waals surface area (Å²) in [6.45, 7) is 6.36. The third kappa shape index (κ3) is 2.23. The molecule has 1 aliphatic rings. The van der Waals surface area contributed by atoms with Crippen molar-refractivity contribution in [3.8, 4) is 0 Å². The second kappa shape index (κ2) is 5.18. The molecule has 3 rings (SSSR count). The molecule has 2 aromatic heterocycles. The summed E-state index contributed by atoms with van der Waals surface area (Å²) in [7, 11) is 0. The number of hydrogen-bond donors (Lipinski definition) is 0. The maximum Gasteiger partial charge on any atom is 0.272 e. The summed E-state index contributed by atoms with van der Waals surface area (Å²) in [5, 5.41) is 0. The Hall–Kier alpha value is -1.40. The van der Waals surface area contributed by atoms with Gasteiger partial charge in [0.1, 0.15) is 5.69 Å². The number of aromatic nitrogens is 2. The molecule has 0 saturated carbocycles. The van der Waals surface area contributed by atoms with Crippen molar-refractivity contribution in [3.05, 3.63) is 33.7 Å². The smallest absolute Gasteiger partial charge is 0.272 e. The lowest BCUT2D eigenvalue weighted by molar-refractivity contribution is 0.0297. The number of carbonyl (C=O) groups is 1. The molecular weight excluding hydrogens is 322 g/mol. The summed E-state index contributed by atoms with van der Waals surface area (Å²) in [6, 6.07) is 2.00. The van der Waals surface area contributed by atoms with Crippen LogP contribution in [0.2, 0.25) is 0 Å². The van der Waals surface area contributed by atoms with Crippen molar-refractivity contribution in [2.75, 3.05) is 26.3 Å². The first-order valence-electron chi connectivity index (χ1n) is 6.60. The van der Waals surface area contributed by atoms with E-state index in [1.807, 2.05) is 35.4 Å². The predicted molar refractivity (Wildman–Crippen MR) is 79.1 cm³/mol. The van der Waals surface area contributed by atoms with Crippen LogP contribution in [0.15, 0.2) is 16.7 Å². The number of fused-ring (bicyclic) bond motifs is 1. The van der Waals surface area contributed by atoms with E-state index in [4.69, 9.17) is 4.74 Å². The molecule has 6 heteroatoms. The normalized spacial score (nSPS) is 15.8. The molecule has 0 N–H and O–H groups in total. The van der Waals surface area contributed by atoms with Crippen LogP contribution in [-0.4, -0.2) is 46.5 Å². The van der Waals surface area contributed by atoms with Gasteiger partial charge in [0.05, 0.1) is 23.4 Å². The van der Waals surface area contributed by atoms with Crippen molar-refractivity contribution in [2.24, 2.45) is 0 Å². The van der Waals surface area contributed by atoms with Crippen LogP contribution >= 0.6 is 15.9 Å². The van der Waals surface area contributed by atoms with E-state index in [-0.39, 0.29) is 5.91 Å². The Morgan fingerprint density at radius 1 is 1.35 bits per heavy atom. The van der Waals surface area contributed by atoms with Crippen LogP contribution in [0.25, 0.3) is 5.65 Å². The number of carbonyl (C=O) groups excluding carboxylic acids is 1. The van der Waals surface area contributed by atoms with E-state index in [0.717, 1.165) is 21.4 Å². The van der Waals surface area contributed by atoms with Crippen molar-refractivity contribution in [2.45, 2.75) is 13.8 Å². The Bertz CT molecular complexity index is 675. The molecule has 1 saturated heterocycles. The summed E-state index contributed by atoms with van der Waals surface area (Å²) < 4.78 is 8.09. The number of imidazole rings is 1. The standard InChI is InChI=1S/C14H16BrN3O2/c1-9-7-11(15)13-16-10(2)12(18(13)8-9)14(19)17-3-5-20-6-4-17/h7-8H,3-6H2,1-2H3. The van der Waals surface area contributed by atoms with Crippen LogP contribution in [0, 0.1) is 13.8 Å². The Morgan fingerprint density at radius 2 is 2.05 bits per heavy atom. The van der Waals surface area contributed by atoms with E-state index in [2.05, 4.69) is 20.9 Å². The van der Waals surface area contributed by atoms with Crippen LogP contribution < -0.4 is 0 Å². The maximum absolute atomic E-state index is 12.7. The molecule has 3 heterocycles. The van der Waals surface area contributed by atoms with Gasteiger partial charge in [-0.25, -0.2) is 4.98 Å². The fraction of sp³-hybridized carbons (Fsp3) is 0.429. The van der Waals surface area contributed by atoms with E-state index in [9.17, 15) is 4.79 Å². The number of aryl methyl sites for hydroxylation is 2. The minimum absolute atomic E-state index is 0.0239. The highest BCUT2D eigenvalue weighted by atomic mass is 79.9. The summed E-state index contributed by atoms with van der Waals surface area (Å²) in [5.41, 5.74) is 3.27. The lowest BCUT2D eigenvalue weighted by Gasteiger charge is -2.26. The van der Waals surface area contributed by atoms with Crippen LogP contribution in [0.1, 0.15) is 21.7 Å². The first-order chi connectivity index (χ1) is 9.58. The molecule has 0 spiro atoms. The van der Waals surface area contributed by atoms with Gasteiger partial charge >= 0.3 is 0 Å². The van der Waals surface area contributed by atoms with Gasteiger partial charge in [0, 0.05) is 19.3 Å². The quantitative estimate of drug-likeness (QED) is 0.801. The molecule has 0 bridgehead atoms. The number of hydrogen-bond acceptors (Lipinski definition) is 3. The minimum atomic E-state index is 0.0239. The number of amides is 1. The summed E-state index contributed by atoms with van der Waals surface area (Å²) in [5.74, 6) is 0.0239. The van der Waals surface area contributed by atoms with Gasteiger partial charge in [0.15, 0.2) is 5.65 Å². The molecule has 5 nitrogen and oxygen atoms in total. The summed E-state index contributed by atoms with van der Waals surface area (Å²) >= 11 is 3.51. The van der Waals surface area contributed by atoms with Crippen molar-refractivity contribution < 1.29 is 9.53 Å². The minimum Gasteiger partial charge on any atom is -0.378 e. The summed E-state index contributed by atoms with van der Waals surface area (Å²) in [6.07, 6.45) is 1.95. The average molecular weight is 338 g/mol. The molecule has 0 aliphatic carbocycles. The predicted octanol–water partition coefficient (Wildman–Crippen LogP) is 2.19. The molecule has 20 heavy (non-hydrogen) atoms. The first-order valence-corrected chi connectivity index (χ1v) is 7.39. The second-order valence-corrected chi connectivity index (χ2v) is 5.86. The van der Waals surface area contributed by atoms with E-state index in [1.54, 1.807) is 0 Å². The van der Waals surface area contributed by atoms with E-state index in [1.165, 1.54) is 0 Å². The third-order valence-corrected chi connectivity index (χ3v) is 4.07. The molecule has 0 radical (unpaired) electrons. The maximum atomic E-state index is 12.7. The van der Waals surface area contributed by atoms with Crippen molar-refractivity contribution in [1.82, 2.24) is 14.3 Å². The number of pyridine rings is 1. The zero-order chi connectivity index (χ0) is 14.3. The van der Waals surface area contributed by atoms with E-state index < -0.39 is 0 Å². The van der Waals surface area contributed by atoms with Crippen molar-refractivity contribution >= 4 is 27.5 Å². The Kier molecular flexibility index (Phi) is 3.52. The number of halogens is 1. The molecule has 2 aromatic rings. The van der Waals surface area contributed by atoms with Gasteiger partial charge in [-0.1, -0.05) is 0 Å². The molecule has 106 valence electrons. The van der Waals surface area contributed by atoms with Crippen molar-refractivity contribution in [1.29, 1.82) is 0 Å². The zero-order valence-corrected chi connectivity index (χ0v) is 13.1. The fourth-order valence-electron chi connectivity index (χ4n) is 2.52.